The van der Waals surface area contributed by atoms with Crippen LogP contribution in [0.1, 0.15) is 21.5 Å². The minimum Gasteiger partial charge on any atom is -0.493 e. The number of halogens is 2. The van der Waals surface area contributed by atoms with Gasteiger partial charge in [0.15, 0.2) is 11.5 Å². The summed E-state index contributed by atoms with van der Waals surface area (Å²) in [6.07, 6.45) is 0. The molecule has 0 aliphatic heterocycles. The predicted molar refractivity (Wildman–Crippen MR) is 86.5 cm³/mol. The number of hydrogen-bond acceptors (Lipinski definition) is 2. The van der Waals surface area contributed by atoms with Crippen molar-refractivity contribution in [3.63, 3.8) is 0 Å². The number of methoxy groups -OCH3 is 2. The molecule has 0 radical (unpaired) electrons. The zero-order chi connectivity index (χ0) is 14.7. The van der Waals surface area contributed by atoms with Gasteiger partial charge in [0.25, 0.3) is 0 Å². The number of aryl methyl sites for hydroxylation is 1. The topological polar surface area (TPSA) is 18.5 Å². The van der Waals surface area contributed by atoms with Crippen LogP contribution in [-0.2, 0) is 0 Å². The molecule has 0 heterocycles. The van der Waals surface area contributed by atoms with Crippen molar-refractivity contribution in [1.29, 1.82) is 0 Å². The number of benzene rings is 2. The summed E-state index contributed by atoms with van der Waals surface area (Å²) in [6.45, 7) is 2.06. The van der Waals surface area contributed by atoms with Crippen molar-refractivity contribution >= 4 is 27.5 Å². The highest BCUT2D eigenvalue weighted by Crippen LogP contribution is 2.39. The average Bonchev–Trinajstić information content (AvgIpc) is 2.47. The van der Waals surface area contributed by atoms with Crippen LogP contribution in [0.5, 0.6) is 11.5 Å². The van der Waals surface area contributed by atoms with Crippen LogP contribution in [0, 0.1) is 6.92 Å². The van der Waals surface area contributed by atoms with E-state index in [1.807, 2.05) is 36.4 Å². The Morgan fingerprint density at radius 1 is 1.00 bits per heavy atom. The Labute approximate surface area is 132 Å². The Kier molecular flexibility index (Phi) is 4.95. The molecule has 0 spiro atoms. The van der Waals surface area contributed by atoms with Crippen molar-refractivity contribution in [3.8, 4) is 11.5 Å². The van der Waals surface area contributed by atoms with Crippen molar-refractivity contribution in [2.45, 2.75) is 11.8 Å². The van der Waals surface area contributed by atoms with Crippen LogP contribution in [0.15, 0.2) is 36.4 Å². The first-order valence-electron chi connectivity index (χ1n) is 6.19. The molecule has 1 atom stereocenters. The van der Waals surface area contributed by atoms with E-state index in [-0.39, 0.29) is 4.83 Å². The quantitative estimate of drug-likeness (QED) is 0.706. The maximum atomic E-state index is 5.93. The molecule has 4 heteroatoms. The fourth-order valence-corrected chi connectivity index (χ4v) is 3.01. The standard InChI is InChI=1S/C16H16BrClO2/c1-10-8-14(19-2)15(20-3)9-13(10)16(17)11-4-6-12(18)7-5-11/h4-9,16H,1-3H3. The van der Waals surface area contributed by atoms with Crippen LogP contribution in [-0.4, -0.2) is 14.2 Å². The first-order valence-corrected chi connectivity index (χ1v) is 7.48. The van der Waals surface area contributed by atoms with Crippen molar-refractivity contribution in [2.24, 2.45) is 0 Å². The Hall–Kier alpha value is -1.19. The summed E-state index contributed by atoms with van der Waals surface area (Å²) in [5.41, 5.74) is 3.43. The molecule has 0 amide bonds. The summed E-state index contributed by atoms with van der Waals surface area (Å²) in [6, 6.07) is 11.8. The largest absolute Gasteiger partial charge is 0.493 e. The molecule has 0 saturated carbocycles. The van der Waals surface area contributed by atoms with Crippen molar-refractivity contribution in [1.82, 2.24) is 0 Å². The van der Waals surface area contributed by atoms with Crippen LogP contribution >= 0.6 is 27.5 Å². The second-order valence-electron chi connectivity index (χ2n) is 4.48. The Balaban J connectivity index is 2.43. The maximum Gasteiger partial charge on any atom is 0.161 e. The van der Waals surface area contributed by atoms with Gasteiger partial charge in [0, 0.05) is 5.02 Å². The predicted octanol–water partition coefficient (Wildman–Crippen LogP) is 5.15. The summed E-state index contributed by atoms with van der Waals surface area (Å²) in [4.78, 5) is 0.0829. The van der Waals surface area contributed by atoms with Crippen LogP contribution in [0.25, 0.3) is 0 Å². The first-order chi connectivity index (χ1) is 9.56. The SMILES string of the molecule is COc1cc(C)c(C(Br)c2ccc(Cl)cc2)cc1OC. The van der Waals surface area contributed by atoms with Crippen molar-refractivity contribution in [2.75, 3.05) is 14.2 Å². The lowest BCUT2D eigenvalue weighted by molar-refractivity contribution is 0.354. The average molecular weight is 356 g/mol. The van der Waals surface area contributed by atoms with Gasteiger partial charge in [-0.1, -0.05) is 39.7 Å². The number of rotatable bonds is 4. The normalized spacial score (nSPS) is 12.1. The second kappa shape index (κ2) is 6.51. The molecule has 2 rings (SSSR count). The van der Waals surface area contributed by atoms with Gasteiger partial charge in [-0.3, -0.25) is 0 Å². The second-order valence-corrected chi connectivity index (χ2v) is 5.83. The van der Waals surface area contributed by atoms with E-state index in [2.05, 4.69) is 22.9 Å². The fraction of sp³-hybridized carbons (Fsp3) is 0.250. The molecule has 0 fully saturated rings. The molecule has 0 bridgehead atoms. The molecule has 0 aromatic heterocycles. The molecule has 0 aliphatic rings. The molecule has 1 unspecified atom stereocenters. The van der Waals surface area contributed by atoms with E-state index < -0.39 is 0 Å². The minimum atomic E-state index is 0.0829. The van der Waals surface area contributed by atoms with E-state index in [1.54, 1.807) is 14.2 Å². The molecule has 20 heavy (non-hydrogen) atoms. The molecule has 2 nitrogen and oxygen atoms in total. The minimum absolute atomic E-state index is 0.0829. The van der Waals surface area contributed by atoms with Crippen LogP contribution in [0.4, 0.5) is 0 Å². The summed E-state index contributed by atoms with van der Waals surface area (Å²) in [5, 5.41) is 0.734. The Morgan fingerprint density at radius 2 is 1.55 bits per heavy atom. The van der Waals surface area contributed by atoms with Gasteiger partial charge in [0.1, 0.15) is 0 Å². The number of alkyl halides is 1. The lowest BCUT2D eigenvalue weighted by atomic mass is 9.99. The molecule has 2 aromatic carbocycles. The number of ether oxygens (including phenoxy) is 2. The van der Waals surface area contributed by atoms with Gasteiger partial charge in [-0.25, -0.2) is 0 Å². The van der Waals surface area contributed by atoms with Crippen molar-refractivity contribution in [3.05, 3.63) is 58.1 Å². The molecular weight excluding hydrogens is 340 g/mol. The van der Waals surface area contributed by atoms with Gasteiger partial charge in [0.05, 0.1) is 19.0 Å². The van der Waals surface area contributed by atoms with E-state index >= 15 is 0 Å². The molecule has 0 N–H and O–H groups in total. The smallest absolute Gasteiger partial charge is 0.161 e. The van der Waals surface area contributed by atoms with Gasteiger partial charge in [-0.15, -0.1) is 0 Å². The highest BCUT2D eigenvalue weighted by atomic mass is 79.9. The van der Waals surface area contributed by atoms with Crippen LogP contribution in [0.3, 0.4) is 0 Å². The van der Waals surface area contributed by atoms with E-state index in [0.29, 0.717) is 0 Å². The fourth-order valence-electron chi connectivity index (χ4n) is 2.08. The van der Waals surface area contributed by atoms with Gasteiger partial charge >= 0.3 is 0 Å². The van der Waals surface area contributed by atoms with E-state index in [0.717, 1.165) is 33.2 Å². The van der Waals surface area contributed by atoms with Gasteiger partial charge in [-0.05, 0) is 47.9 Å². The monoisotopic (exact) mass is 354 g/mol. The Bertz CT molecular complexity index is 596. The van der Waals surface area contributed by atoms with Crippen LogP contribution < -0.4 is 9.47 Å². The summed E-state index contributed by atoms with van der Waals surface area (Å²) >= 11 is 9.67. The highest BCUT2D eigenvalue weighted by Gasteiger charge is 2.16. The molecule has 106 valence electrons. The molecular formula is C16H16BrClO2. The lowest BCUT2D eigenvalue weighted by Crippen LogP contribution is -1.99. The van der Waals surface area contributed by atoms with E-state index in [9.17, 15) is 0 Å². The third kappa shape index (κ3) is 3.10. The van der Waals surface area contributed by atoms with Gasteiger partial charge in [-0.2, -0.15) is 0 Å². The first kappa shape index (κ1) is 15.2. The third-order valence-corrected chi connectivity index (χ3v) is 4.48. The van der Waals surface area contributed by atoms with Gasteiger partial charge < -0.3 is 9.47 Å². The molecule has 0 aliphatic carbocycles. The van der Waals surface area contributed by atoms with Gasteiger partial charge in [0.2, 0.25) is 0 Å². The van der Waals surface area contributed by atoms with Crippen molar-refractivity contribution < 1.29 is 9.47 Å². The molecule has 2 aromatic rings. The summed E-state index contributed by atoms with van der Waals surface area (Å²) in [7, 11) is 3.28. The lowest BCUT2D eigenvalue weighted by Gasteiger charge is -2.17. The summed E-state index contributed by atoms with van der Waals surface area (Å²) in [5.74, 6) is 1.47. The summed E-state index contributed by atoms with van der Waals surface area (Å²) < 4.78 is 10.7. The molecule has 0 saturated heterocycles. The van der Waals surface area contributed by atoms with E-state index in [1.165, 1.54) is 0 Å². The Morgan fingerprint density at radius 3 is 2.10 bits per heavy atom. The van der Waals surface area contributed by atoms with E-state index in [4.69, 9.17) is 21.1 Å². The maximum absolute atomic E-state index is 5.93. The zero-order valence-corrected chi connectivity index (χ0v) is 14.0. The third-order valence-electron chi connectivity index (χ3n) is 3.21. The zero-order valence-electron chi connectivity index (χ0n) is 11.6. The highest BCUT2D eigenvalue weighted by molar-refractivity contribution is 9.09. The number of hydrogen-bond donors (Lipinski definition) is 0. The van der Waals surface area contributed by atoms with Crippen LogP contribution in [0.2, 0.25) is 5.02 Å².